The first-order valence-corrected chi connectivity index (χ1v) is 10.7. The summed E-state index contributed by atoms with van der Waals surface area (Å²) in [5, 5.41) is 0.230. The van der Waals surface area contributed by atoms with Crippen molar-refractivity contribution in [3.63, 3.8) is 0 Å². The summed E-state index contributed by atoms with van der Waals surface area (Å²) in [6, 6.07) is 16.2. The van der Waals surface area contributed by atoms with E-state index in [1.807, 2.05) is 30.3 Å². The van der Waals surface area contributed by atoms with E-state index in [1.54, 1.807) is 49.7 Å². The van der Waals surface area contributed by atoms with Gasteiger partial charge < -0.3 is 9.30 Å². The number of rotatable bonds is 5. The molecule has 0 saturated carbocycles. The molecular weight excluding hydrogens is 420 g/mol. The number of hydrogen-bond donors (Lipinski definition) is 0. The molecule has 0 aliphatic heterocycles. The van der Waals surface area contributed by atoms with Gasteiger partial charge >= 0.3 is 5.97 Å². The van der Waals surface area contributed by atoms with E-state index < -0.39 is 5.97 Å². The second-order valence-electron chi connectivity index (χ2n) is 7.86. The second-order valence-corrected chi connectivity index (χ2v) is 7.86. The number of esters is 1. The van der Waals surface area contributed by atoms with Crippen molar-refractivity contribution in [2.75, 3.05) is 6.61 Å². The van der Waals surface area contributed by atoms with Crippen LogP contribution in [0.4, 0.5) is 0 Å². The van der Waals surface area contributed by atoms with Gasteiger partial charge in [-0.2, -0.15) is 4.99 Å². The lowest BCUT2D eigenvalue weighted by Crippen LogP contribution is -2.33. The molecule has 0 atom stereocenters. The zero-order valence-corrected chi connectivity index (χ0v) is 18.7. The predicted molar refractivity (Wildman–Crippen MR) is 124 cm³/mol. The van der Waals surface area contributed by atoms with Crippen LogP contribution in [-0.4, -0.2) is 32.4 Å². The Labute approximate surface area is 189 Å². The number of hydrogen-bond acceptors (Lipinski definition) is 5. The minimum atomic E-state index is -0.658. The molecule has 4 aromatic rings. The number of aromatic nitrogens is 3. The molecule has 8 nitrogen and oxygen atoms in total. The van der Waals surface area contributed by atoms with Gasteiger partial charge in [-0.05, 0) is 30.7 Å². The molecule has 0 radical (unpaired) electrons. The fraction of sp³-hybridized carbons (Fsp3) is 0.240. The summed E-state index contributed by atoms with van der Waals surface area (Å²) < 4.78 is 8.30. The lowest BCUT2D eigenvalue weighted by molar-refractivity contribution is -0.120. The highest BCUT2D eigenvalue weighted by atomic mass is 16.5. The van der Waals surface area contributed by atoms with E-state index in [-0.39, 0.29) is 47.0 Å². The van der Waals surface area contributed by atoms with Gasteiger partial charge in [0.15, 0.2) is 5.49 Å². The highest BCUT2D eigenvalue weighted by molar-refractivity contribution is 5.93. The Morgan fingerprint density at radius 1 is 1.09 bits per heavy atom. The van der Waals surface area contributed by atoms with Gasteiger partial charge in [-0.15, -0.1) is 0 Å². The molecule has 168 valence electrons. The summed E-state index contributed by atoms with van der Waals surface area (Å²) in [7, 11) is 0. The van der Waals surface area contributed by atoms with Crippen molar-refractivity contribution in [2.24, 2.45) is 10.9 Å². The molecule has 0 fully saturated rings. The summed E-state index contributed by atoms with van der Waals surface area (Å²) in [6.45, 7) is 5.55. The van der Waals surface area contributed by atoms with Crippen LogP contribution in [0.2, 0.25) is 0 Å². The number of fused-ring (bicyclic) bond motifs is 2. The fourth-order valence-electron chi connectivity index (χ4n) is 3.51. The van der Waals surface area contributed by atoms with Crippen molar-refractivity contribution < 1.29 is 14.3 Å². The van der Waals surface area contributed by atoms with Gasteiger partial charge in [-0.25, -0.2) is 9.78 Å². The maximum absolute atomic E-state index is 13.3. The molecule has 0 saturated heterocycles. The summed E-state index contributed by atoms with van der Waals surface area (Å²) in [5.41, 5.74) is 1.51. The van der Waals surface area contributed by atoms with E-state index in [2.05, 4.69) is 4.99 Å². The van der Waals surface area contributed by atoms with E-state index in [0.29, 0.717) is 11.3 Å². The van der Waals surface area contributed by atoms with Crippen LogP contribution >= 0.6 is 0 Å². The van der Waals surface area contributed by atoms with E-state index in [1.165, 1.54) is 10.5 Å². The summed E-state index contributed by atoms with van der Waals surface area (Å²) in [4.78, 5) is 47.9. The van der Waals surface area contributed by atoms with Crippen molar-refractivity contribution in [2.45, 2.75) is 27.3 Å². The van der Waals surface area contributed by atoms with Crippen LogP contribution in [0.5, 0.6) is 0 Å². The van der Waals surface area contributed by atoms with E-state index >= 15 is 0 Å². The topological polar surface area (TPSA) is 95.0 Å². The molecule has 1 amide bonds. The number of carbonyl (C=O) groups excluding carboxylic acids is 2. The molecule has 0 aliphatic carbocycles. The van der Waals surface area contributed by atoms with Crippen molar-refractivity contribution in [1.29, 1.82) is 0 Å². The normalized spacial score (nSPS) is 11.9. The first-order chi connectivity index (χ1) is 15.9. The summed E-state index contributed by atoms with van der Waals surface area (Å²) in [6.07, 6.45) is 1.62. The van der Waals surface area contributed by atoms with Gasteiger partial charge in [-0.1, -0.05) is 50.2 Å². The molecule has 0 bridgehead atoms. The maximum atomic E-state index is 13.3. The predicted octanol–water partition coefficient (Wildman–Crippen LogP) is 2.96. The van der Waals surface area contributed by atoms with Crippen LogP contribution in [0, 0.1) is 5.92 Å². The minimum Gasteiger partial charge on any atom is -0.462 e. The molecule has 1 aromatic carbocycles. The van der Waals surface area contributed by atoms with Gasteiger partial charge in [0.05, 0.1) is 18.5 Å². The van der Waals surface area contributed by atoms with Gasteiger partial charge in [-0.3, -0.25) is 14.0 Å². The molecule has 8 heteroatoms. The van der Waals surface area contributed by atoms with Crippen LogP contribution < -0.4 is 11.0 Å². The molecule has 0 spiro atoms. The second kappa shape index (κ2) is 9.20. The smallest absolute Gasteiger partial charge is 0.341 e. The molecule has 3 aromatic heterocycles. The summed E-state index contributed by atoms with van der Waals surface area (Å²) >= 11 is 0. The molecule has 0 N–H and O–H groups in total. The highest BCUT2D eigenvalue weighted by Gasteiger charge is 2.20. The van der Waals surface area contributed by atoms with E-state index in [9.17, 15) is 14.4 Å². The van der Waals surface area contributed by atoms with Crippen LogP contribution in [0.15, 0.2) is 70.6 Å². The molecule has 3 heterocycles. The lowest BCUT2D eigenvalue weighted by Gasteiger charge is -2.15. The van der Waals surface area contributed by atoms with Gasteiger partial charge in [0, 0.05) is 12.1 Å². The van der Waals surface area contributed by atoms with Gasteiger partial charge in [0.1, 0.15) is 16.9 Å². The molecule has 0 unspecified atom stereocenters. The van der Waals surface area contributed by atoms with Crippen LogP contribution in [-0.2, 0) is 16.1 Å². The standard InChI is InChI=1S/C25H24N4O4/c1-4-33-25(32)19-14-18-21(26-20-12-8-9-13-28(20)24(18)31)29(15-17-10-6-5-7-11-17)22(19)27-23(30)16(2)3/h5-14,16H,4,15H2,1-3H3. The number of nitrogens with zero attached hydrogens (tertiary/aromatic N) is 4. The average molecular weight is 444 g/mol. The van der Waals surface area contributed by atoms with Crippen molar-refractivity contribution >= 4 is 28.6 Å². The van der Waals surface area contributed by atoms with Gasteiger partial charge in [0.25, 0.3) is 5.56 Å². The Hall–Kier alpha value is -4.07. The highest BCUT2D eigenvalue weighted by Crippen LogP contribution is 2.14. The Bertz CT molecular complexity index is 1480. The Morgan fingerprint density at radius 2 is 1.82 bits per heavy atom. The number of amides is 1. The maximum Gasteiger partial charge on any atom is 0.341 e. The molecule has 33 heavy (non-hydrogen) atoms. The third kappa shape index (κ3) is 4.32. The summed E-state index contributed by atoms with van der Waals surface area (Å²) in [5.74, 6) is -1.43. The number of ether oxygens (including phenoxy) is 1. The van der Waals surface area contributed by atoms with Crippen molar-refractivity contribution in [1.82, 2.24) is 14.0 Å². The third-order valence-corrected chi connectivity index (χ3v) is 5.18. The van der Waals surface area contributed by atoms with Crippen LogP contribution in [0.25, 0.3) is 16.7 Å². The first-order valence-electron chi connectivity index (χ1n) is 10.7. The van der Waals surface area contributed by atoms with Crippen LogP contribution in [0.1, 0.15) is 36.7 Å². The monoisotopic (exact) mass is 444 g/mol. The quantitative estimate of drug-likeness (QED) is 0.348. The minimum absolute atomic E-state index is 0.0454. The van der Waals surface area contributed by atoms with E-state index in [0.717, 1.165) is 5.56 Å². The Morgan fingerprint density at radius 3 is 2.52 bits per heavy atom. The third-order valence-electron chi connectivity index (χ3n) is 5.18. The number of carbonyl (C=O) groups is 2. The SMILES string of the molecule is CCOC(=O)c1cc2c(=O)n3ccccc3nc2n(Cc2ccccc2)c1=NC(=O)C(C)C. The van der Waals surface area contributed by atoms with E-state index in [4.69, 9.17) is 9.72 Å². The largest absolute Gasteiger partial charge is 0.462 e. The molecule has 4 rings (SSSR count). The number of benzene rings is 1. The fourth-order valence-corrected chi connectivity index (χ4v) is 3.51. The Balaban J connectivity index is 2.18. The zero-order chi connectivity index (χ0) is 23.5. The van der Waals surface area contributed by atoms with Gasteiger partial charge in [0.2, 0.25) is 5.91 Å². The average Bonchev–Trinajstić information content (AvgIpc) is 2.81. The molecule has 0 aliphatic rings. The Kier molecular flexibility index (Phi) is 6.17. The van der Waals surface area contributed by atoms with Crippen molar-refractivity contribution in [3.8, 4) is 0 Å². The zero-order valence-electron chi connectivity index (χ0n) is 18.7. The lowest BCUT2D eigenvalue weighted by atomic mass is 10.1. The number of pyridine rings is 2. The van der Waals surface area contributed by atoms with Crippen LogP contribution in [0.3, 0.4) is 0 Å². The first kappa shape index (κ1) is 22.1. The van der Waals surface area contributed by atoms with Crippen molar-refractivity contribution in [3.05, 3.63) is 87.8 Å². The molecular formula is C25H24N4O4.